The van der Waals surface area contributed by atoms with Crippen molar-refractivity contribution in [2.75, 3.05) is 5.32 Å². The zero-order chi connectivity index (χ0) is 16.6. The number of rotatable bonds is 4. The largest absolute Gasteiger partial charge is 0.437 e. The highest BCUT2D eigenvalue weighted by molar-refractivity contribution is 5.80. The lowest BCUT2D eigenvalue weighted by molar-refractivity contribution is -0.148. The summed E-state index contributed by atoms with van der Waals surface area (Å²) >= 11 is 0. The molecule has 5 heteroatoms. The number of nitrogens with zero attached hydrogens (tertiary/aromatic N) is 2. The standard InChI is InChI=1S/C18H23N3O2/c1-5-11(3)16-13(6-2)17(23-12(4)22)21-15-10-8-7-9-14(15)19-18(21)20-16/h7-11,17H,5-6H2,1-4H3,(H,19,20). The van der Waals surface area contributed by atoms with Crippen LogP contribution >= 0.6 is 0 Å². The molecule has 2 heterocycles. The number of para-hydroxylation sites is 2. The minimum absolute atomic E-state index is 0.282. The van der Waals surface area contributed by atoms with Crippen LogP contribution in [0.5, 0.6) is 0 Å². The summed E-state index contributed by atoms with van der Waals surface area (Å²) in [5.41, 5.74) is 4.11. The van der Waals surface area contributed by atoms with Crippen molar-refractivity contribution in [1.82, 2.24) is 9.55 Å². The zero-order valence-electron chi connectivity index (χ0n) is 14.1. The van der Waals surface area contributed by atoms with Gasteiger partial charge in [0.1, 0.15) is 0 Å². The van der Waals surface area contributed by atoms with Crippen LogP contribution in [0.15, 0.2) is 35.5 Å². The summed E-state index contributed by atoms with van der Waals surface area (Å²) in [4.78, 5) is 16.4. The predicted octanol–water partition coefficient (Wildman–Crippen LogP) is 4.23. The molecule has 1 aromatic carbocycles. The predicted molar refractivity (Wildman–Crippen MR) is 90.9 cm³/mol. The number of hydrogen-bond acceptors (Lipinski definition) is 4. The number of imidazole rings is 1. The summed E-state index contributed by atoms with van der Waals surface area (Å²) in [7, 11) is 0. The Morgan fingerprint density at radius 2 is 2.13 bits per heavy atom. The summed E-state index contributed by atoms with van der Waals surface area (Å²) in [6.07, 6.45) is 1.40. The fraction of sp³-hybridized carbons (Fsp3) is 0.444. The molecule has 1 aromatic heterocycles. The number of hydrogen-bond donors (Lipinski definition) is 1. The summed E-state index contributed by atoms with van der Waals surface area (Å²) in [6, 6.07) is 7.92. The Balaban J connectivity index is 2.21. The molecule has 0 fully saturated rings. The number of carbonyl (C=O) groups is 1. The molecule has 3 rings (SSSR count). The summed E-state index contributed by atoms with van der Waals surface area (Å²) < 4.78 is 7.69. The van der Waals surface area contributed by atoms with Crippen LogP contribution in [0.4, 0.5) is 5.95 Å². The van der Waals surface area contributed by atoms with Gasteiger partial charge in [0.25, 0.3) is 0 Å². The molecule has 1 aliphatic rings. The second-order valence-corrected chi connectivity index (χ2v) is 5.98. The van der Waals surface area contributed by atoms with Gasteiger partial charge in [0.15, 0.2) is 0 Å². The van der Waals surface area contributed by atoms with Gasteiger partial charge in [-0.2, -0.15) is 0 Å². The van der Waals surface area contributed by atoms with E-state index in [1.165, 1.54) is 6.92 Å². The Labute approximate surface area is 136 Å². The van der Waals surface area contributed by atoms with Gasteiger partial charge >= 0.3 is 5.97 Å². The summed E-state index contributed by atoms with van der Waals surface area (Å²) in [5, 5.41) is 3.48. The molecule has 0 saturated heterocycles. The van der Waals surface area contributed by atoms with Crippen LogP contribution < -0.4 is 5.32 Å². The number of anilines is 1. The van der Waals surface area contributed by atoms with E-state index in [-0.39, 0.29) is 5.97 Å². The van der Waals surface area contributed by atoms with E-state index in [0.717, 1.165) is 41.1 Å². The maximum absolute atomic E-state index is 11.7. The fourth-order valence-electron chi connectivity index (χ4n) is 3.15. The second kappa shape index (κ2) is 6.07. The van der Waals surface area contributed by atoms with Crippen LogP contribution in [0.3, 0.4) is 0 Å². The van der Waals surface area contributed by atoms with E-state index in [9.17, 15) is 4.79 Å². The monoisotopic (exact) mass is 313 g/mol. The molecule has 0 aliphatic carbocycles. The van der Waals surface area contributed by atoms with E-state index in [1.807, 2.05) is 28.8 Å². The molecular formula is C18H23N3O2. The third-order valence-electron chi connectivity index (χ3n) is 4.48. The number of allylic oxidation sites excluding steroid dienone is 1. The number of aromatic nitrogens is 2. The molecule has 0 bridgehead atoms. The van der Waals surface area contributed by atoms with Crippen LogP contribution in [0.1, 0.15) is 46.8 Å². The highest BCUT2D eigenvalue weighted by atomic mass is 16.6. The average Bonchev–Trinajstić information content (AvgIpc) is 2.91. The first-order chi connectivity index (χ1) is 11.1. The third kappa shape index (κ3) is 2.60. The molecule has 23 heavy (non-hydrogen) atoms. The fourth-order valence-corrected chi connectivity index (χ4v) is 3.15. The minimum atomic E-state index is -0.426. The van der Waals surface area contributed by atoms with Gasteiger partial charge in [0.05, 0.1) is 11.0 Å². The molecular weight excluding hydrogens is 290 g/mol. The van der Waals surface area contributed by atoms with Crippen LogP contribution in [0.25, 0.3) is 11.0 Å². The highest BCUT2D eigenvalue weighted by Crippen LogP contribution is 2.39. The van der Waals surface area contributed by atoms with Gasteiger partial charge in [-0.3, -0.25) is 9.36 Å². The summed E-state index contributed by atoms with van der Waals surface area (Å²) in [5.74, 6) is 0.816. The SMILES string of the molecule is CCC1=C(C(C)CC)Nc2nc3ccccc3n2C1OC(C)=O. The van der Waals surface area contributed by atoms with E-state index in [1.54, 1.807) is 0 Å². The number of carbonyl (C=O) groups excluding carboxylic acids is 1. The van der Waals surface area contributed by atoms with Gasteiger partial charge in [-0.15, -0.1) is 0 Å². The number of ether oxygens (including phenoxy) is 1. The molecule has 0 spiro atoms. The lowest BCUT2D eigenvalue weighted by atomic mass is 9.96. The van der Waals surface area contributed by atoms with Gasteiger partial charge < -0.3 is 10.1 Å². The van der Waals surface area contributed by atoms with Crippen molar-refractivity contribution >= 4 is 23.0 Å². The second-order valence-electron chi connectivity index (χ2n) is 5.98. The van der Waals surface area contributed by atoms with Crippen LogP contribution in [-0.4, -0.2) is 15.5 Å². The highest BCUT2D eigenvalue weighted by Gasteiger charge is 2.32. The minimum Gasteiger partial charge on any atom is -0.437 e. The van der Waals surface area contributed by atoms with Gasteiger partial charge in [-0.05, 0) is 30.9 Å². The topological polar surface area (TPSA) is 56.1 Å². The van der Waals surface area contributed by atoms with Crippen LogP contribution in [0.2, 0.25) is 0 Å². The van der Waals surface area contributed by atoms with Crippen LogP contribution in [0, 0.1) is 5.92 Å². The molecule has 0 amide bonds. The van der Waals surface area contributed by atoms with Gasteiger partial charge in [-0.1, -0.05) is 32.9 Å². The van der Waals surface area contributed by atoms with Crippen molar-refractivity contribution in [3.8, 4) is 0 Å². The maximum Gasteiger partial charge on any atom is 0.304 e. The third-order valence-corrected chi connectivity index (χ3v) is 4.48. The molecule has 122 valence electrons. The first-order valence-corrected chi connectivity index (χ1v) is 8.20. The lowest BCUT2D eigenvalue weighted by Crippen LogP contribution is -2.29. The number of nitrogens with one attached hydrogen (secondary N) is 1. The quantitative estimate of drug-likeness (QED) is 0.858. The Morgan fingerprint density at radius 3 is 2.78 bits per heavy atom. The van der Waals surface area contributed by atoms with Crippen molar-refractivity contribution < 1.29 is 9.53 Å². The molecule has 0 saturated carbocycles. The van der Waals surface area contributed by atoms with Crippen molar-refractivity contribution in [3.63, 3.8) is 0 Å². The van der Waals surface area contributed by atoms with Gasteiger partial charge in [-0.25, -0.2) is 4.98 Å². The van der Waals surface area contributed by atoms with E-state index in [0.29, 0.717) is 5.92 Å². The van der Waals surface area contributed by atoms with Crippen molar-refractivity contribution in [2.45, 2.75) is 46.8 Å². The molecule has 2 aromatic rings. The van der Waals surface area contributed by atoms with E-state index < -0.39 is 6.23 Å². The first kappa shape index (κ1) is 15.6. The molecule has 1 aliphatic heterocycles. The van der Waals surface area contributed by atoms with Gasteiger partial charge in [0, 0.05) is 18.2 Å². The first-order valence-electron chi connectivity index (χ1n) is 8.20. The number of fused-ring (bicyclic) bond motifs is 3. The molecule has 2 atom stereocenters. The van der Waals surface area contributed by atoms with Crippen molar-refractivity contribution in [1.29, 1.82) is 0 Å². The smallest absolute Gasteiger partial charge is 0.304 e. The zero-order valence-corrected chi connectivity index (χ0v) is 14.1. The number of benzene rings is 1. The molecule has 1 N–H and O–H groups in total. The Hall–Kier alpha value is -2.30. The Bertz CT molecular complexity index is 776. The lowest BCUT2D eigenvalue weighted by Gasteiger charge is -2.33. The van der Waals surface area contributed by atoms with Gasteiger partial charge in [0.2, 0.25) is 12.2 Å². The molecule has 0 radical (unpaired) electrons. The Morgan fingerprint density at radius 1 is 1.39 bits per heavy atom. The van der Waals surface area contributed by atoms with Crippen LogP contribution in [-0.2, 0) is 9.53 Å². The van der Waals surface area contributed by atoms with Crippen molar-refractivity contribution in [2.24, 2.45) is 5.92 Å². The average molecular weight is 313 g/mol. The normalized spacial score (nSPS) is 18.5. The van der Waals surface area contributed by atoms with E-state index in [2.05, 4.69) is 31.1 Å². The van der Waals surface area contributed by atoms with E-state index >= 15 is 0 Å². The molecule has 2 unspecified atom stereocenters. The number of esters is 1. The van der Waals surface area contributed by atoms with E-state index in [4.69, 9.17) is 4.74 Å². The summed E-state index contributed by atoms with van der Waals surface area (Å²) in [6.45, 7) is 7.89. The Kier molecular flexibility index (Phi) is 4.11. The molecule has 5 nitrogen and oxygen atoms in total. The van der Waals surface area contributed by atoms with Crippen molar-refractivity contribution in [3.05, 3.63) is 35.5 Å². The maximum atomic E-state index is 11.7.